The first kappa shape index (κ1) is 15.7. The summed E-state index contributed by atoms with van der Waals surface area (Å²) in [6.07, 6.45) is -0.228. The van der Waals surface area contributed by atoms with Gasteiger partial charge in [0.05, 0.1) is 6.10 Å². The van der Waals surface area contributed by atoms with E-state index in [1.807, 2.05) is 0 Å². The summed E-state index contributed by atoms with van der Waals surface area (Å²) in [6, 6.07) is 8.43. The zero-order valence-electron chi connectivity index (χ0n) is 13.1. The number of hydrogen-bond donors (Lipinski definition) is 3. The Morgan fingerprint density at radius 3 is 2.29 bits per heavy atom. The van der Waals surface area contributed by atoms with Crippen LogP contribution in [0, 0.1) is 0 Å². The van der Waals surface area contributed by atoms with Crippen LogP contribution in [0.3, 0.4) is 0 Å². The van der Waals surface area contributed by atoms with Gasteiger partial charge >= 0.3 is 0 Å². The SMILES string of the molecule is CC(C)Oc1cc(O)cc2oc(-c3ccc(O)cc3)c(O)c(=O)c12. The van der Waals surface area contributed by atoms with Crippen LogP contribution in [0.1, 0.15) is 13.8 Å². The minimum atomic E-state index is -0.657. The molecule has 0 aliphatic carbocycles. The van der Waals surface area contributed by atoms with E-state index in [1.54, 1.807) is 13.8 Å². The van der Waals surface area contributed by atoms with Gasteiger partial charge in [-0.25, -0.2) is 0 Å². The van der Waals surface area contributed by atoms with Crippen LogP contribution in [-0.4, -0.2) is 21.4 Å². The lowest BCUT2D eigenvalue weighted by molar-refractivity contribution is 0.244. The maximum atomic E-state index is 12.6. The van der Waals surface area contributed by atoms with Gasteiger partial charge in [0, 0.05) is 17.7 Å². The van der Waals surface area contributed by atoms with Crippen molar-refractivity contribution in [3.05, 3.63) is 46.6 Å². The van der Waals surface area contributed by atoms with Gasteiger partial charge in [-0.15, -0.1) is 0 Å². The molecule has 0 bridgehead atoms. The number of rotatable bonds is 3. The fourth-order valence-corrected chi connectivity index (χ4v) is 2.42. The fraction of sp³-hybridized carbons (Fsp3) is 0.167. The topological polar surface area (TPSA) is 100 Å². The van der Waals surface area contributed by atoms with Crippen LogP contribution in [0.15, 0.2) is 45.6 Å². The van der Waals surface area contributed by atoms with Crippen LogP contribution < -0.4 is 10.2 Å². The molecule has 0 saturated heterocycles. The molecule has 0 atom stereocenters. The highest BCUT2D eigenvalue weighted by atomic mass is 16.5. The Morgan fingerprint density at radius 1 is 1.00 bits per heavy atom. The van der Waals surface area contributed by atoms with Gasteiger partial charge in [-0.3, -0.25) is 4.79 Å². The lowest BCUT2D eigenvalue weighted by Crippen LogP contribution is -2.10. The van der Waals surface area contributed by atoms with Crippen molar-refractivity contribution in [2.75, 3.05) is 0 Å². The molecule has 0 unspecified atom stereocenters. The van der Waals surface area contributed by atoms with E-state index in [0.29, 0.717) is 5.56 Å². The van der Waals surface area contributed by atoms with E-state index in [-0.39, 0.29) is 40.1 Å². The first-order valence-electron chi connectivity index (χ1n) is 7.35. The summed E-state index contributed by atoms with van der Waals surface area (Å²) >= 11 is 0. The standard InChI is InChI=1S/C18H16O6/c1-9(2)23-13-7-12(20)8-14-15(13)16(21)17(22)18(24-14)10-3-5-11(19)6-4-10/h3-9,19-20,22H,1-2H3. The highest BCUT2D eigenvalue weighted by Gasteiger charge is 2.20. The second kappa shape index (κ2) is 5.81. The Kier molecular flexibility index (Phi) is 3.81. The smallest absolute Gasteiger partial charge is 0.238 e. The number of hydrogen-bond acceptors (Lipinski definition) is 6. The van der Waals surface area contributed by atoms with Gasteiger partial charge in [-0.2, -0.15) is 0 Å². The predicted molar refractivity (Wildman–Crippen MR) is 88.7 cm³/mol. The van der Waals surface area contributed by atoms with E-state index >= 15 is 0 Å². The summed E-state index contributed by atoms with van der Waals surface area (Å²) in [5, 5.41) is 29.5. The second-order valence-electron chi connectivity index (χ2n) is 5.64. The first-order valence-corrected chi connectivity index (χ1v) is 7.35. The van der Waals surface area contributed by atoms with E-state index in [2.05, 4.69) is 0 Å². The molecule has 0 aliphatic heterocycles. The number of fused-ring (bicyclic) bond motifs is 1. The van der Waals surface area contributed by atoms with Gasteiger partial charge < -0.3 is 24.5 Å². The highest BCUT2D eigenvalue weighted by Crippen LogP contribution is 2.36. The Labute approximate surface area is 137 Å². The molecule has 0 saturated carbocycles. The Morgan fingerprint density at radius 2 is 1.67 bits per heavy atom. The van der Waals surface area contributed by atoms with E-state index in [1.165, 1.54) is 36.4 Å². The van der Waals surface area contributed by atoms with Gasteiger partial charge in [0.25, 0.3) is 0 Å². The Balaban J connectivity index is 2.31. The lowest BCUT2D eigenvalue weighted by atomic mass is 10.1. The third-order valence-electron chi connectivity index (χ3n) is 3.41. The molecule has 124 valence electrons. The summed E-state index contributed by atoms with van der Waals surface area (Å²) in [5.41, 5.74) is -0.148. The summed E-state index contributed by atoms with van der Waals surface area (Å²) in [6.45, 7) is 3.56. The monoisotopic (exact) mass is 328 g/mol. The van der Waals surface area contributed by atoms with Crippen molar-refractivity contribution in [1.29, 1.82) is 0 Å². The lowest BCUT2D eigenvalue weighted by Gasteiger charge is -2.13. The zero-order chi connectivity index (χ0) is 17.4. The number of phenols is 2. The molecule has 6 nitrogen and oxygen atoms in total. The maximum absolute atomic E-state index is 12.6. The fourth-order valence-electron chi connectivity index (χ4n) is 2.42. The van der Waals surface area contributed by atoms with Crippen molar-refractivity contribution in [3.8, 4) is 34.3 Å². The van der Waals surface area contributed by atoms with Crippen molar-refractivity contribution < 1.29 is 24.5 Å². The molecule has 1 aromatic heterocycles. The molecule has 3 aromatic rings. The van der Waals surface area contributed by atoms with Crippen LogP contribution in [-0.2, 0) is 0 Å². The van der Waals surface area contributed by atoms with Crippen LogP contribution in [0.4, 0.5) is 0 Å². The summed E-state index contributed by atoms with van der Waals surface area (Å²) in [4.78, 5) is 12.6. The molecular formula is C18H16O6. The molecule has 1 heterocycles. The van der Waals surface area contributed by atoms with E-state index in [4.69, 9.17) is 9.15 Å². The minimum Gasteiger partial charge on any atom is -0.508 e. The Hall–Kier alpha value is -3.15. The second-order valence-corrected chi connectivity index (χ2v) is 5.64. The number of ether oxygens (including phenoxy) is 1. The van der Waals surface area contributed by atoms with Gasteiger partial charge in [-0.05, 0) is 38.1 Å². The average Bonchev–Trinajstić information content (AvgIpc) is 2.50. The molecule has 6 heteroatoms. The first-order chi connectivity index (χ1) is 11.4. The van der Waals surface area contributed by atoms with Crippen molar-refractivity contribution in [3.63, 3.8) is 0 Å². The van der Waals surface area contributed by atoms with E-state index in [9.17, 15) is 20.1 Å². The molecule has 0 radical (unpaired) electrons. The summed E-state index contributed by atoms with van der Waals surface area (Å²) < 4.78 is 11.2. The molecular weight excluding hydrogens is 312 g/mol. The third kappa shape index (κ3) is 2.74. The molecule has 0 amide bonds. The number of aromatic hydroxyl groups is 3. The molecule has 24 heavy (non-hydrogen) atoms. The van der Waals surface area contributed by atoms with E-state index < -0.39 is 11.2 Å². The van der Waals surface area contributed by atoms with Gasteiger partial charge in [0.1, 0.15) is 28.2 Å². The van der Waals surface area contributed by atoms with Crippen LogP contribution in [0.25, 0.3) is 22.3 Å². The minimum absolute atomic E-state index is 0.0476. The largest absolute Gasteiger partial charge is 0.508 e. The molecule has 0 fully saturated rings. The van der Waals surface area contributed by atoms with Crippen LogP contribution in [0.2, 0.25) is 0 Å². The quantitative estimate of drug-likeness (QED) is 0.681. The predicted octanol–water partition coefficient (Wildman–Crippen LogP) is 3.36. The maximum Gasteiger partial charge on any atom is 0.238 e. The summed E-state index contributed by atoms with van der Waals surface area (Å²) in [5.74, 6) is -0.544. The Bertz CT molecular complexity index is 954. The molecule has 0 aliphatic rings. The number of benzene rings is 2. The normalized spacial score (nSPS) is 11.1. The van der Waals surface area contributed by atoms with Crippen molar-refractivity contribution in [1.82, 2.24) is 0 Å². The van der Waals surface area contributed by atoms with Gasteiger partial charge in [-0.1, -0.05) is 0 Å². The van der Waals surface area contributed by atoms with Crippen molar-refractivity contribution >= 4 is 11.0 Å². The molecule has 3 rings (SSSR count). The highest BCUT2D eigenvalue weighted by molar-refractivity contribution is 5.88. The van der Waals surface area contributed by atoms with Crippen molar-refractivity contribution in [2.45, 2.75) is 20.0 Å². The third-order valence-corrected chi connectivity index (χ3v) is 3.41. The zero-order valence-corrected chi connectivity index (χ0v) is 13.1. The van der Waals surface area contributed by atoms with E-state index in [0.717, 1.165) is 0 Å². The van der Waals surface area contributed by atoms with Gasteiger partial charge in [0.2, 0.25) is 11.2 Å². The van der Waals surface area contributed by atoms with Crippen molar-refractivity contribution in [2.24, 2.45) is 0 Å². The molecule has 3 N–H and O–H groups in total. The van der Waals surface area contributed by atoms with Gasteiger partial charge in [0.15, 0.2) is 5.76 Å². The average molecular weight is 328 g/mol. The summed E-state index contributed by atoms with van der Waals surface area (Å²) in [7, 11) is 0. The molecule has 0 spiro atoms. The number of phenolic OH excluding ortho intramolecular Hbond substituents is 2. The molecule has 2 aromatic carbocycles. The van der Waals surface area contributed by atoms with Crippen LogP contribution >= 0.6 is 0 Å². The van der Waals surface area contributed by atoms with Crippen LogP contribution in [0.5, 0.6) is 23.0 Å².